The molecule has 1 atom stereocenters. The van der Waals surface area contributed by atoms with Crippen LogP contribution in [0.5, 0.6) is 0 Å². The van der Waals surface area contributed by atoms with Crippen molar-refractivity contribution in [1.29, 1.82) is 0 Å². The quantitative estimate of drug-likeness (QED) is 0.743. The number of rotatable bonds is 3. The van der Waals surface area contributed by atoms with E-state index >= 15 is 0 Å². The Kier molecular flexibility index (Phi) is 4.66. The van der Waals surface area contributed by atoms with Crippen LogP contribution in [0.3, 0.4) is 0 Å². The number of Topliss-reactive ketones (excluding diaryl/α,β-unsaturated/α-hetero) is 1. The highest BCUT2D eigenvalue weighted by atomic mass is 35.6. The number of likely N-dealkylation sites (N-methyl/N-ethyl adjacent to an activating group) is 1. The number of carbonyl (C=O) groups excluding carboxylic acids is 2. The zero-order valence-electron chi connectivity index (χ0n) is 10.7. The fraction of sp³-hybridized carbons (Fsp3) is 0.833. The number of hydrogen-bond acceptors (Lipinski definition) is 3. The third kappa shape index (κ3) is 3.18. The number of amides is 1. The average Bonchev–Trinajstić information content (AvgIpc) is 2.37. The number of piperidine rings is 3. The van der Waals surface area contributed by atoms with E-state index in [0.717, 1.165) is 25.9 Å². The highest BCUT2D eigenvalue weighted by Crippen LogP contribution is 2.32. The van der Waals surface area contributed by atoms with Crippen molar-refractivity contribution in [2.24, 2.45) is 5.92 Å². The van der Waals surface area contributed by atoms with Gasteiger partial charge in [0.2, 0.25) is 0 Å². The van der Waals surface area contributed by atoms with Crippen LogP contribution in [-0.2, 0) is 9.59 Å². The molecule has 3 saturated heterocycles. The fourth-order valence-electron chi connectivity index (χ4n) is 2.90. The lowest BCUT2D eigenvalue weighted by atomic mass is 9.82. The van der Waals surface area contributed by atoms with Gasteiger partial charge in [0, 0.05) is 19.0 Å². The van der Waals surface area contributed by atoms with Crippen LogP contribution in [0.4, 0.5) is 0 Å². The van der Waals surface area contributed by atoms with Gasteiger partial charge in [0.15, 0.2) is 5.78 Å². The molecule has 1 unspecified atom stereocenters. The lowest BCUT2D eigenvalue weighted by molar-refractivity contribution is -0.140. The van der Waals surface area contributed by atoms with E-state index in [9.17, 15) is 9.59 Å². The van der Waals surface area contributed by atoms with E-state index in [-0.39, 0.29) is 17.7 Å². The van der Waals surface area contributed by atoms with Crippen LogP contribution in [0, 0.1) is 5.92 Å². The number of carbonyl (C=O) groups is 2. The maximum atomic E-state index is 12.2. The Balaban J connectivity index is 2.06. The predicted molar refractivity (Wildman–Crippen MR) is 75.6 cm³/mol. The summed E-state index contributed by atoms with van der Waals surface area (Å²) in [5.41, 5.74) is 0. The number of alkyl halides is 3. The second kappa shape index (κ2) is 5.76. The molecule has 108 valence electrons. The molecule has 0 aromatic rings. The molecule has 0 N–H and O–H groups in total. The summed E-state index contributed by atoms with van der Waals surface area (Å²) in [7, 11) is 0. The van der Waals surface area contributed by atoms with Crippen LogP contribution in [-0.4, -0.2) is 57.5 Å². The lowest BCUT2D eigenvalue weighted by Gasteiger charge is -2.45. The molecule has 7 heteroatoms. The molecule has 1 amide bonds. The summed E-state index contributed by atoms with van der Waals surface area (Å²) < 4.78 is -1.96. The first-order valence-electron chi connectivity index (χ1n) is 6.48. The fourth-order valence-corrected chi connectivity index (χ4v) is 3.26. The summed E-state index contributed by atoms with van der Waals surface area (Å²) in [5, 5.41) is 0. The van der Waals surface area contributed by atoms with Crippen LogP contribution in [0.15, 0.2) is 0 Å². The van der Waals surface area contributed by atoms with Gasteiger partial charge < -0.3 is 4.90 Å². The van der Waals surface area contributed by atoms with E-state index in [1.54, 1.807) is 0 Å². The first-order chi connectivity index (χ1) is 8.84. The van der Waals surface area contributed by atoms with E-state index < -0.39 is 9.70 Å². The average molecular weight is 328 g/mol. The smallest absolute Gasteiger partial charge is 0.274 e. The van der Waals surface area contributed by atoms with Gasteiger partial charge in [0.05, 0.1) is 6.04 Å². The summed E-state index contributed by atoms with van der Waals surface area (Å²) in [6.07, 6.45) is 1.86. The highest BCUT2D eigenvalue weighted by molar-refractivity contribution is 6.76. The summed E-state index contributed by atoms with van der Waals surface area (Å²) in [5.74, 6) is -0.180. The SMILES string of the molecule is CCN(CC1C(=O)C2CCN1CC2)C(=O)C(Cl)(Cl)Cl. The van der Waals surface area contributed by atoms with E-state index in [1.165, 1.54) is 4.90 Å². The second-order valence-electron chi connectivity index (χ2n) is 5.07. The Hall–Kier alpha value is -0.0300. The molecule has 19 heavy (non-hydrogen) atoms. The van der Waals surface area contributed by atoms with Gasteiger partial charge in [0.1, 0.15) is 0 Å². The zero-order valence-corrected chi connectivity index (χ0v) is 13.0. The number of ketones is 1. The summed E-state index contributed by atoms with van der Waals surface area (Å²) in [6.45, 7) is 4.39. The normalized spacial score (nSPS) is 30.5. The predicted octanol–water partition coefficient (Wildman–Crippen LogP) is 1.87. The van der Waals surface area contributed by atoms with Crippen molar-refractivity contribution >= 4 is 46.5 Å². The van der Waals surface area contributed by atoms with E-state index in [0.29, 0.717) is 13.1 Å². The van der Waals surface area contributed by atoms with Crippen molar-refractivity contribution in [3.63, 3.8) is 0 Å². The number of fused-ring (bicyclic) bond motifs is 3. The summed E-state index contributed by atoms with van der Waals surface area (Å²) in [6, 6.07) is -0.233. The van der Waals surface area contributed by atoms with E-state index in [1.807, 2.05) is 6.92 Å². The van der Waals surface area contributed by atoms with E-state index in [2.05, 4.69) is 4.90 Å². The third-order valence-corrected chi connectivity index (χ3v) is 4.49. The van der Waals surface area contributed by atoms with Crippen LogP contribution >= 0.6 is 34.8 Å². The first kappa shape index (κ1) is 15.4. The van der Waals surface area contributed by atoms with E-state index in [4.69, 9.17) is 34.8 Å². The molecular formula is C12H17Cl3N2O2. The topological polar surface area (TPSA) is 40.6 Å². The van der Waals surface area contributed by atoms with Crippen molar-refractivity contribution in [3.8, 4) is 0 Å². The standard InChI is InChI=1S/C12H17Cl3N2O2/c1-2-16(11(19)12(13,14)15)7-9-10(18)8-3-5-17(9)6-4-8/h8-9H,2-7H2,1H3. The molecule has 3 heterocycles. The molecule has 0 saturated carbocycles. The van der Waals surface area contributed by atoms with Crippen LogP contribution in [0.25, 0.3) is 0 Å². The molecule has 0 aromatic heterocycles. The van der Waals surface area contributed by atoms with Crippen molar-refractivity contribution in [2.75, 3.05) is 26.2 Å². The highest BCUT2D eigenvalue weighted by Gasteiger charge is 2.43. The molecule has 3 fully saturated rings. The minimum atomic E-state index is -1.96. The van der Waals surface area contributed by atoms with Crippen LogP contribution in [0.2, 0.25) is 0 Å². The Bertz CT molecular complexity index is 376. The van der Waals surface area contributed by atoms with Gasteiger partial charge in [-0.15, -0.1) is 0 Å². The molecule has 4 nitrogen and oxygen atoms in total. The van der Waals surface area contributed by atoms with Gasteiger partial charge in [-0.05, 0) is 32.9 Å². The van der Waals surface area contributed by atoms with Crippen molar-refractivity contribution in [2.45, 2.75) is 29.6 Å². The van der Waals surface area contributed by atoms with Gasteiger partial charge in [0.25, 0.3) is 9.70 Å². The van der Waals surface area contributed by atoms with Crippen molar-refractivity contribution < 1.29 is 9.59 Å². The molecule has 0 aliphatic carbocycles. The Labute approximate surface area is 127 Å². The van der Waals surface area contributed by atoms with Gasteiger partial charge in [-0.1, -0.05) is 34.8 Å². The molecular weight excluding hydrogens is 311 g/mol. The zero-order chi connectivity index (χ0) is 14.2. The number of hydrogen-bond donors (Lipinski definition) is 0. The third-order valence-electron chi connectivity index (χ3n) is 4.01. The second-order valence-corrected chi connectivity index (χ2v) is 7.35. The van der Waals surface area contributed by atoms with Crippen molar-refractivity contribution in [1.82, 2.24) is 9.80 Å². The lowest BCUT2D eigenvalue weighted by Crippen LogP contribution is -2.60. The largest absolute Gasteiger partial charge is 0.337 e. The van der Waals surface area contributed by atoms with Crippen LogP contribution < -0.4 is 0 Å². The minimum Gasteiger partial charge on any atom is -0.337 e. The Morgan fingerprint density at radius 3 is 2.37 bits per heavy atom. The van der Waals surface area contributed by atoms with Gasteiger partial charge in [-0.25, -0.2) is 0 Å². The Morgan fingerprint density at radius 1 is 1.37 bits per heavy atom. The van der Waals surface area contributed by atoms with Gasteiger partial charge >= 0.3 is 0 Å². The Morgan fingerprint density at radius 2 is 1.95 bits per heavy atom. The molecule has 0 radical (unpaired) electrons. The number of halogens is 3. The van der Waals surface area contributed by atoms with Crippen LogP contribution in [0.1, 0.15) is 19.8 Å². The maximum Gasteiger partial charge on any atom is 0.274 e. The number of nitrogens with zero attached hydrogens (tertiary/aromatic N) is 2. The summed E-state index contributed by atoms with van der Waals surface area (Å²) >= 11 is 16.9. The monoisotopic (exact) mass is 326 g/mol. The minimum absolute atomic E-state index is 0.150. The van der Waals surface area contributed by atoms with Crippen molar-refractivity contribution in [3.05, 3.63) is 0 Å². The molecule has 2 bridgehead atoms. The maximum absolute atomic E-state index is 12.2. The van der Waals surface area contributed by atoms with Gasteiger partial charge in [-0.2, -0.15) is 0 Å². The molecule has 3 aliphatic rings. The first-order valence-corrected chi connectivity index (χ1v) is 7.62. The molecule has 0 aromatic carbocycles. The summed E-state index contributed by atoms with van der Waals surface area (Å²) in [4.78, 5) is 27.8. The van der Waals surface area contributed by atoms with Gasteiger partial charge in [-0.3, -0.25) is 14.5 Å². The molecule has 3 aliphatic heterocycles. The molecule has 0 spiro atoms. The molecule has 3 rings (SSSR count).